The van der Waals surface area contributed by atoms with E-state index in [-0.39, 0.29) is 18.5 Å². The Balaban J connectivity index is 1.60. The predicted molar refractivity (Wildman–Crippen MR) is 102 cm³/mol. The Morgan fingerprint density at radius 2 is 1.83 bits per heavy atom. The average molecular weight is 419 g/mol. The number of carbonyl (C=O) groups is 1. The van der Waals surface area contributed by atoms with Crippen molar-refractivity contribution in [3.8, 4) is 0 Å². The number of hydrogen-bond acceptors (Lipinski definition) is 4. The smallest absolute Gasteiger partial charge is 0.334 e. The van der Waals surface area contributed by atoms with Gasteiger partial charge in [0.2, 0.25) is 5.91 Å². The van der Waals surface area contributed by atoms with Gasteiger partial charge in [-0.2, -0.15) is 23.4 Å². The van der Waals surface area contributed by atoms with E-state index in [4.69, 9.17) is 0 Å². The number of fused-ring (bicyclic) bond motifs is 1. The third-order valence-corrected chi connectivity index (χ3v) is 5.41. The molecule has 10 heteroatoms. The molecular formula is C20H20F3N5O2. The van der Waals surface area contributed by atoms with Crippen molar-refractivity contribution in [1.29, 1.82) is 0 Å². The molecular weight excluding hydrogens is 399 g/mol. The molecule has 2 aromatic heterocycles. The quantitative estimate of drug-likeness (QED) is 0.654. The lowest BCUT2D eigenvalue weighted by molar-refractivity contribution is -0.138. The van der Waals surface area contributed by atoms with E-state index in [0.29, 0.717) is 24.0 Å². The molecule has 0 radical (unpaired) electrons. The number of rotatable bonds is 3. The normalized spacial score (nSPS) is 17.8. The van der Waals surface area contributed by atoms with Crippen LogP contribution >= 0.6 is 0 Å². The first-order valence-electron chi connectivity index (χ1n) is 9.71. The van der Waals surface area contributed by atoms with Gasteiger partial charge in [-0.25, -0.2) is 9.20 Å². The summed E-state index contributed by atoms with van der Waals surface area (Å²) in [5.74, 6) is -0.291. The summed E-state index contributed by atoms with van der Waals surface area (Å²) in [6.07, 6.45) is 1.68. The van der Waals surface area contributed by atoms with Crippen molar-refractivity contribution >= 4 is 11.4 Å². The van der Waals surface area contributed by atoms with Crippen LogP contribution in [0.1, 0.15) is 42.9 Å². The molecule has 1 atom stereocenters. The van der Waals surface area contributed by atoms with Crippen LogP contribution in [-0.2, 0) is 17.5 Å². The average Bonchev–Trinajstić information content (AvgIpc) is 3.06. The lowest BCUT2D eigenvalue weighted by atomic mass is 9.99. The van der Waals surface area contributed by atoms with Gasteiger partial charge in [0.1, 0.15) is 18.4 Å². The van der Waals surface area contributed by atoms with Crippen molar-refractivity contribution in [3.63, 3.8) is 0 Å². The van der Waals surface area contributed by atoms with Gasteiger partial charge in [-0.05, 0) is 36.6 Å². The first kappa shape index (κ1) is 20.1. The van der Waals surface area contributed by atoms with E-state index in [0.717, 1.165) is 36.1 Å². The summed E-state index contributed by atoms with van der Waals surface area (Å²) in [7, 11) is 0. The van der Waals surface area contributed by atoms with E-state index >= 15 is 0 Å². The van der Waals surface area contributed by atoms with Gasteiger partial charge in [0.25, 0.3) is 5.56 Å². The molecule has 0 aliphatic carbocycles. The van der Waals surface area contributed by atoms with Crippen LogP contribution in [0.25, 0.3) is 5.52 Å². The summed E-state index contributed by atoms with van der Waals surface area (Å²) < 4.78 is 41.1. The first-order valence-corrected chi connectivity index (χ1v) is 9.71. The van der Waals surface area contributed by atoms with Crippen molar-refractivity contribution in [2.45, 2.75) is 44.4 Å². The topological polar surface area (TPSA) is 72.5 Å². The fourth-order valence-corrected chi connectivity index (χ4v) is 3.85. The minimum atomic E-state index is -4.41. The lowest BCUT2D eigenvalue weighted by Crippen LogP contribution is -2.40. The fourth-order valence-electron chi connectivity index (χ4n) is 3.85. The molecule has 3 aromatic rings. The van der Waals surface area contributed by atoms with E-state index in [9.17, 15) is 22.8 Å². The monoisotopic (exact) mass is 419 g/mol. The van der Waals surface area contributed by atoms with Crippen LogP contribution in [0, 0.1) is 0 Å². The number of aromatic nitrogens is 4. The molecule has 30 heavy (non-hydrogen) atoms. The van der Waals surface area contributed by atoms with Crippen LogP contribution in [-0.4, -0.2) is 36.7 Å². The molecule has 1 amide bonds. The van der Waals surface area contributed by atoms with E-state index in [1.165, 1.54) is 29.2 Å². The van der Waals surface area contributed by atoms with E-state index in [2.05, 4.69) is 10.2 Å². The number of likely N-dealkylation sites (tertiary alicyclic amines) is 1. The van der Waals surface area contributed by atoms with Crippen LogP contribution in [0.15, 0.2) is 47.7 Å². The minimum absolute atomic E-state index is 0.238. The SMILES string of the molecule is O=C(Cn1ncn2nccc2c1=O)N1CCCCCC1c1ccc(C(F)(F)F)cc1. The van der Waals surface area contributed by atoms with E-state index in [1.54, 1.807) is 11.0 Å². The molecule has 1 fully saturated rings. The van der Waals surface area contributed by atoms with Gasteiger partial charge >= 0.3 is 6.18 Å². The van der Waals surface area contributed by atoms with Gasteiger partial charge in [-0.1, -0.05) is 25.0 Å². The van der Waals surface area contributed by atoms with Crippen LogP contribution in [0.3, 0.4) is 0 Å². The molecule has 0 N–H and O–H groups in total. The number of carbonyl (C=O) groups excluding carboxylic acids is 1. The molecule has 7 nitrogen and oxygen atoms in total. The summed E-state index contributed by atoms with van der Waals surface area (Å²) in [6.45, 7) is 0.242. The maximum absolute atomic E-state index is 13.1. The summed E-state index contributed by atoms with van der Waals surface area (Å²) >= 11 is 0. The second kappa shape index (κ2) is 7.92. The molecule has 1 unspecified atom stereocenters. The second-order valence-electron chi connectivity index (χ2n) is 7.33. The minimum Gasteiger partial charge on any atom is -0.334 e. The Kier molecular flexibility index (Phi) is 5.31. The van der Waals surface area contributed by atoms with Gasteiger partial charge in [-0.3, -0.25) is 9.59 Å². The van der Waals surface area contributed by atoms with Crippen molar-refractivity contribution in [2.75, 3.05) is 6.54 Å². The summed E-state index contributed by atoms with van der Waals surface area (Å²) in [5, 5.41) is 7.95. The molecule has 1 aromatic carbocycles. The Labute approximate surface area is 169 Å². The largest absolute Gasteiger partial charge is 0.416 e. The fraction of sp³-hybridized carbons (Fsp3) is 0.400. The van der Waals surface area contributed by atoms with E-state index in [1.807, 2.05) is 0 Å². The highest BCUT2D eigenvalue weighted by Crippen LogP contribution is 2.34. The van der Waals surface area contributed by atoms with E-state index < -0.39 is 17.3 Å². The molecule has 0 saturated carbocycles. The Hall–Kier alpha value is -3.17. The van der Waals surface area contributed by atoms with Crippen LogP contribution in [0.4, 0.5) is 13.2 Å². The molecule has 158 valence electrons. The second-order valence-corrected chi connectivity index (χ2v) is 7.33. The molecule has 4 rings (SSSR count). The standard InChI is InChI=1S/C20H20F3N5O2/c21-20(22,23)15-7-5-14(6-8-15)16-4-2-1-3-11-26(16)18(29)12-27-19(30)17-9-10-24-28(17)13-25-27/h5-10,13,16H,1-4,11-12H2. The van der Waals surface area contributed by atoms with Crippen LogP contribution in [0.5, 0.6) is 0 Å². The van der Waals surface area contributed by atoms with Gasteiger partial charge in [0, 0.05) is 6.54 Å². The lowest BCUT2D eigenvalue weighted by Gasteiger charge is -2.30. The van der Waals surface area contributed by atoms with Crippen molar-refractivity contribution in [2.24, 2.45) is 0 Å². The zero-order valence-corrected chi connectivity index (χ0v) is 16.0. The first-order chi connectivity index (χ1) is 14.3. The van der Waals surface area contributed by atoms with Crippen LogP contribution in [0.2, 0.25) is 0 Å². The Bertz CT molecular complexity index is 1100. The Morgan fingerprint density at radius 3 is 2.57 bits per heavy atom. The van der Waals surface area contributed by atoms with Gasteiger partial charge in [0.15, 0.2) is 0 Å². The van der Waals surface area contributed by atoms with Crippen molar-refractivity contribution < 1.29 is 18.0 Å². The molecule has 3 heterocycles. The number of hydrogen-bond donors (Lipinski definition) is 0. The highest BCUT2D eigenvalue weighted by Gasteiger charge is 2.32. The molecule has 0 spiro atoms. The molecule has 1 aliphatic rings. The van der Waals surface area contributed by atoms with Crippen molar-refractivity contribution in [1.82, 2.24) is 24.3 Å². The van der Waals surface area contributed by atoms with Crippen molar-refractivity contribution in [3.05, 3.63) is 64.3 Å². The zero-order valence-electron chi connectivity index (χ0n) is 16.0. The summed E-state index contributed by atoms with van der Waals surface area (Å²) in [4.78, 5) is 27.3. The maximum Gasteiger partial charge on any atom is 0.416 e. The highest BCUT2D eigenvalue weighted by molar-refractivity contribution is 5.76. The molecule has 1 aliphatic heterocycles. The Morgan fingerprint density at radius 1 is 1.07 bits per heavy atom. The molecule has 0 bridgehead atoms. The summed E-state index contributed by atoms with van der Waals surface area (Å²) in [6, 6.07) is 6.16. The maximum atomic E-state index is 13.1. The number of benzene rings is 1. The van der Waals surface area contributed by atoms with Gasteiger partial charge < -0.3 is 4.90 Å². The van der Waals surface area contributed by atoms with Crippen LogP contribution < -0.4 is 5.56 Å². The van der Waals surface area contributed by atoms with Gasteiger partial charge in [0.05, 0.1) is 17.8 Å². The number of nitrogens with zero attached hydrogens (tertiary/aromatic N) is 5. The number of amides is 1. The zero-order chi connectivity index (χ0) is 21.3. The third-order valence-electron chi connectivity index (χ3n) is 5.41. The highest BCUT2D eigenvalue weighted by atomic mass is 19.4. The molecule has 1 saturated heterocycles. The third kappa shape index (κ3) is 3.94. The number of halogens is 3. The number of alkyl halides is 3. The predicted octanol–water partition coefficient (Wildman–Crippen LogP) is 3.05. The summed E-state index contributed by atoms with van der Waals surface area (Å²) in [5.41, 5.74) is -0.176. The van der Waals surface area contributed by atoms with Gasteiger partial charge in [-0.15, -0.1) is 0 Å².